The second-order valence-electron chi connectivity index (χ2n) is 7.45. The number of ether oxygens (including phenoxy) is 1. The third kappa shape index (κ3) is 4.58. The Morgan fingerprint density at radius 2 is 1.89 bits per heavy atom. The van der Waals surface area contributed by atoms with Crippen LogP contribution in [0.25, 0.3) is 10.8 Å². The molecule has 0 radical (unpaired) electrons. The Morgan fingerprint density at radius 1 is 1.11 bits per heavy atom. The van der Waals surface area contributed by atoms with Gasteiger partial charge in [0.2, 0.25) is 5.82 Å². The van der Waals surface area contributed by atoms with E-state index in [2.05, 4.69) is 12.6 Å². The number of hydrogen-bond donors (Lipinski definition) is 0. The van der Waals surface area contributed by atoms with Crippen molar-refractivity contribution < 1.29 is 13.5 Å². The van der Waals surface area contributed by atoms with E-state index in [9.17, 15) is 8.78 Å². The third-order valence-electron chi connectivity index (χ3n) is 5.68. The molecule has 0 spiro atoms. The van der Waals surface area contributed by atoms with Crippen molar-refractivity contribution in [2.45, 2.75) is 51.4 Å². The van der Waals surface area contributed by atoms with Crippen molar-refractivity contribution in [1.82, 2.24) is 0 Å². The van der Waals surface area contributed by atoms with Crippen LogP contribution in [0.3, 0.4) is 0 Å². The molecule has 2 aromatic carbocycles. The zero-order valence-corrected chi connectivity index (χ0v) is 16.0. The maximum absolute atomic E-state index is 14.6. The maximum Gasteiger partial charge on any atom is 0.201 e. The standard InChI is InChI=1S/C24H28F2O/c1-3-5-7-17-8-10-18(11-9-17)19-12-13-20-16-22(27-14-6-4-2)24(26)23(25)21(20)15-19/h3-4,6,12-13,15-18H,1,5,7-11,14H2,2H3. The van der Waals surface area contributed by atoms with Gasteiger partial charge in [0.05, 0.1) is 0 Å². The maximum atomic E-state index is 14.6. The summed E-state index contributed by atoms with van der Waals surface area (Å²) in [6, 6.07) is 7.37. The van der Waals surface area contributed by atoms with Crippen molar-refractivity contribution in [2.75, 3.05) is 6.61 Å². The van der Waals surface area contributed by atoms with E-state index in [-0.39, 0.29) is 12.4 Å². The zero-order valence-electron chi connectivity index (χ0n) is 16.0. The van der Waals surface area contributed by atoms with Crippen LogP contribution in [0, 0.1) is 17.6 Å². The van der Waals surface area contributed by atoms with Gasteiger partial charge >= 0.3 is 0 Å². The molecule has 27 heavy (non-hydrogen) atoms. The summed E-state index contributed by atoms with van der Waals surface area (Å²) < 4.78 is 34.4. The van der Waals surface area contributed by atoms with Crippen molar-refractivity contribution in [3.05, 3.63) is 66.3 Å². The molecule has 0 heterocycles. The quantitative estimate of drug-likeness (QED) is 0.464. The predicted octanol–water partition coefficient (Wildman–Crippen LogP) is 7.31. The third-order valence-corrected chi connectivity index (χ3v) is 5.68. The largest absolute Gasteiger partial charge is 0.486 e. The highest BCUT2D eigenvalue weighted by Gasteiger charge is 2.23. The lowest BCUT2D eigenvalue weighted by Crippen LogP contribution is -2.13. The Kier molecular flexibility index (Phi) is 6.65. The summed E-state index contributed by atoms with van der Waals surface area (Å²) in [5.74, 6) is -0.552. The fourth-order valence-corrected chi connectivity index (χ4v) is 4.05. The fourth-order valence-electron chi connectivity index (χ4n) is 4.05. The molecule has 1 aliphatic rings. The molecule has 1 saturated carbocycles. The van der Waals surface area contributed by atoms with Gasteiger partial charge in [-0.1, -0.05) is 30.4 Å². The minimum Gasteiger partial charge on any atom is -0.486 e. The van der Waals surface area contributed by atoms with E-state index >= 15 is 0 Å². The average molecular weight is 370 g/mol. The molecule has 0 amide bonds. The zero-order chi connectivity index (χ0) is 19.2. The van der Waals surface area contributed by atoms with Gasteiger partial charge in [-0.3, -0.25) is 0 Å². The molecular weight excluding hydrogens is 342 g/mol. The summed E-state index contributed by atoms with van der Waals surface area (Å²) >= 11 is 0. The number of halogens is 2. The minimum absolute atomic E-state index is 0.0337. The van der Waals surface area contributed by atoms with E-state index in [0.717, 1.165) is 30.7 Å². The Labute approximate surface area is 160 Å². The highest BCUT2D eigenvalue weighted by atomic mass is 19.2. The van der Waals surface area contributed by atoms with Crippen LogP contribution in [0.4, 0.5) is 8.78 Å². The van der Waals surface area contributed by atoms with Crippen molar-refractivity contribution in [3.63, 3.8) is 0 Å². The highest BCUT2D eigenvalue weighted by Crippen LogP contribution is 2.39. The summed E-state index contributed by atoms with van der Waals surface area (Å²) in [5.41, 5.74) is 1.12. The van der Waals surface area contributed by atoms with Gasteiger partial charge in [0.25, 0.3) is 0 Å². The van der Waals surface area contributed by atoms with E-state index in [0.29, 0.717) is 16.7 Å². The number of allylic oxidation sites excluding steroid dienone is 2. The minimum atomic E-state index is -0.905. The summed E-state index contributed by atoms with van der Waals surface area (Å²) in [5, 5.41) is 1.02. The first-order valence-electron chi connectivity index (χ1n) is 9.90. The van der Waals surface area contributed by atoms with Crippen LogP contribution >= 0.6 is 0 Å². The summed E-state index contributed by atoms with van der Waals surface area (Å²) in [4.78, 5) is 0. The number of benzene rings is 2. The second-order valence-corrected chi connectivity index (χ2v) is 7.45. The van der Waals surface area contributed by atoms with E-state index in [4.69, 9.17) is 4.74 Å². The first-order valence-corrected chi connectivity index (χ1v) is 9.90. The summed E-state index contributed by atoms with van der Waals surface area (Å²) in [7, 11) is 0. The van der Waals surface area contributed by atoms with E-state index in [1.807, 2.05) is 31.2 Å². The van der Waals surface area contributed by atoms with Crippen LogP contribution in [0.1, 0.15) is 56.9 Å². The molecule has 0 atom stereocenters. The van der Waals surface area contributed by atoms with Crippen LogP contribution in [0.15, 0.2) is 49.1 Å². The lowest BCUT2D eigenvalue weighted by molar-refractivity contribution is 0.312. The molecule has 2 aromatic rings. The monoisotopic (exact) mass is 370 g/mol. The highest BCUT2D eigenvalue weighted by molar-refractivity contribution is 5.85. The van der Waals surface area contributed by atoms with Crippen LogP contribution in [0.2, 0.25) is 0 Å². The molecule has 0 bridgehead atoms. The number of hydrogen-bond acceptors (Lipinski definition) is 1. The van der Waals surface area contributed by atoms with Crippen molar-refractivity contribution >= 4 is 10.8 Å². The molecule has 0 unspecified atom stereocenters. The Hall–Kier alpha value is -2.16. The van der Waals surface area contributed by atoms with Crippen molar-refractivity contribution in [1.29, 1.82) is 0 Å². The molecule has 1 aliphatic carbocycles. The fraction of sp³-hybridized carbons (Fsp3) is 0.417. The molecule has 1 nitrogen and oxygen atoms in total. The molecule has 3 heteroatoms. The van der Waals surface area contributed by atoms with Crippen molar-refractivity contribution in [3.8, 4) is 5.75 Å². The molecular formula is C24H28F2O. The van der Waals surface area contributed by atoms with E-state index in [1.165, 1.54) is 19.3 Å². The number of rotatable bonds is 7. The lowest BCUT2D eigenvalue weighted by Gasteiger charge is -2.28. The van der Waals surface area contributed by atoms with Gasteiger partial charge in [-0.05, 0) is 80.4 Å². The Bertz CT molecular complexity index is 817. The van der Waals surface area contributed by atoms with Crippen LogP contribution in [-0.2, 0) is 0 Å². The molecule has 3 rings (SSSR count). The molecule has 144 valence electrons. The SMILES string of the molecule is C=CCCC1CCC(c2ccc3cc(OCC=CC)c(F)c(F)c3c2)CC1. The smallest absolute Gasteiger partial charge is 0.201 e. The molecule has 0 saturated heterocycles. The summed E-state index contributed by atoms with van der Waals surface area (Å²) in [6.45, 7) is 5.88. The lowest BCUT2D eigenvalue weighted by atomic mass is 9.77. The molecule has 0 N–H and O–H groups in total. The van der Waals surface area contributed by atoms with Crippen LogP contribution in [0.5, 0.6) is 5.75 Å². The Morgan fingerprint density at radius 3 is 2.59 bits per heavy atom. The predicted molar refractivity (Wildman–Crippen MR) is 108 cm³/mol. The Balaban J connectivity index is 1.78. The second kappa shape index (κ2) is 9.16. The van der Waals surface area contributed by atoms with Gasteiger partial charge in [0.15, 0.2) is 11.6 Å². The number of fused-ring (bicyclic) bond motifs is 1. The average Bonchev–Trinajstić information content (AvgIpc) is 2.70. The van der Waals surface area contributed by atoms with Gasteiger partial charge in [0, 0.05) is 5.39 Å². The van der Waals surface area contributed by atoms with Crippen LogP contribution < -0.4 is 4.74 Å². The van der Waals surface area contributed by atoms with Gasteiger partial charge in [-0.25, -0.2) is 4.39 Å². The van der Waals surface area contributed by atoms with Crippen LogP contribution in [-0.4, -0.2) is 6.61 Å². The normalized spacial score (nSPS) is 20.3. The van der Waals surface area contributed by atoms with Gasteiger partial charge in [-0.2, -0.15) is 4.39 Å². The van der Waals surface area contributed by atoms with Crippen molar-refractivity contribution in [2.24, 2.45) is 5.92 Å². The first-order chi connectivity index (χ1) is 13.1. The topological polar surface area (TPSA) is 9.23 Å². The molecule has 0 aliphatic heterocycles. The van der Waals surface area contributed by atoms with E-state index < -0.39 is 11.6 Å². The van der Waals surface area contributed by atoms with Gasteiger partial charge in [0.1, 0.15) is 6.61 Å². The van der Waals surface area contributed by atoms with Gasteiger partial charge < -0.3 is 4.74 Å². The van der Waals surface area contributed by atoms with Gasteiger partial charge in [-0.15, -0.1) is 6.58 Å². The molecule has 0 aromatic heterocycles. The summed E-state index contributed by atoms with van der Waals surface area (Å²) in [6.07, 6.45) is 12.5. The molecule has 1 fully saturated rings. The first kappa shape index (κ1) is 19.6. The van der Waals surface area contributed by atoms with E-state index in [1.54, 1.807) is 12.1 Å².